The van der Waals surface area contributed by atoms with Gasteiger partial charge in [-0.25, -0.2) is 15.0 Å². The number of para-hydroxylation sites is 2. The van der Waals surface area contributed by atoms with Crippen LogP contribution in [0.25, 0.3) is 22.6 Å². The monoisotopic (exact) mass is 566 g/mol. The normalized spacial score (nSPS) is 14.2. The number of ether oxygens (including phenoxy) is 1. The van der Waals surface area contributed by atoms with E-state index in [0.717, 1.165) is 36.4 Å². The zero-order valence-corrected chi connectivity index (χ0v) is 22.6. The van der Waals surface area contributed by atoms with Crippen molar-refractivity contribution >= 4 is 40.0 Å². The Kier molecular flexibility index (Phi) is 7.79. The number of rotatable bonds is 8. The van der Waals surface area contributed by atoms with Gasteiger partial charge >= 0.3 is 6.18 Å². The van der Waals surface area contributed by atoms with Gasteiger partial charge in [0.05, 0.1) is 35.2 Å². The lowest BCUT2D eigenvalue weighted by molar-refractivity contribution is -0.139. The first-order valence-electron chi connectivity index (χ1n) is 12.9. The van der Waals surface area contributed by atoms with Gasteiger partial charge in [0.15, 0.2) is 5.82 Å². The molecule has 0 bridgehead atoms. The molecule has 2 N–H and O–H groups in total. The minimum absolute atomic E-state index is 0.0605. The van der Waals surface area contributed by atoms with Crippen molar-refractivity contribution in [2.24, 2.45) is 0 Å². The maximum atomic E-state index is 13.5. The van der Waals surface area contributed by atoms with Gasteiger partial charge in [-0.3, -0.25) is 4.79 Å². The molecule has 10 nitrogen and oxygen atoms in total. The molecule has 1 aliphatic heterocycles. The molecule has 1 amide bonds. The number of piperazine rings is 1. The second kappa shape index (κ2) is 11.5. The topological polar surface area (TPSA) is 100 Å². The number of hydrogen-bond donors (Lipinski definition) is 2. The standard InChI is InChI=1S/C28H29F3N8O2/c1-4-25(40)33-20-15-21(24(41-3)16-23(20)38-13-11-37(2)12-14-38)36-27-32-10-9-19(35-27)26-34-18-7-5-6-8-22(18)39(26)17-28(29,30)31/h4-10,15-16H,1,11-14,17H2,2-3H3,(H,33,40)(H,32,35,36). The number of carbonyl (C=O) groups excluding carboxylic acids is 1. The molecule has 1 saturated heterocycles. The minimum atomic E-state index is -4.46. The third kappa shape index (κ3) is 6.24. The lowest BCUT2D eigenvalue weighted by atomic mass is 10.1. The van der Waals surface area contributed by atoms with Crippen LogP contribution in [0.3, 0.4) is 0 Å². The van der Waals surface area contributed by atoms with E-state index in [9.17, 15) is 18.0 Å². The Labute approximate surface area is 234 Å². The van der Waals surface area contributed by atoms with Gasteiger partial charge in [0.25, 0.3) is 0 Å². The number of alkyl halides is 3. The molecule has 0 aliphatic carbocycles. The molecule has 2 aromatic heterocycles. The van der Waals surface area contributed by atoms with E-state index in [-0.39, 0.29) is 23.4 Å². The zero-order chi connectivity index (χ0) is 29.1. The molecular formula is C28H29F3N8O2. The van der Waals surface area contributed by atoms with E-state index in [4.69, 9.17) is 4.74 Å². The molecule has 3 heterocycles. The van der Waals surface area contributed by atoms with Gasteiger partial charge in [0.2, 0.25) is 11.9 Å². The fraction of sp³-hybridized carbons (Fsp3) is 0.286. The molecule has 214 valence electrons. The van der Waals surface area contributed by atoms with Crippen LogP contribution >= 0.6 is 0 Å². The highest BCUT2D eigenvalue weighted by atomic mass is 19.4. The summed E-state index contributed by atoms with van der Waals surface area (Å²) in [6, 6.07) is 11.6. The highest BCUT2D eigenvalue weighted by molar-refractivity contribution is 6.02. The van der Waals surface area contributed by atoms with Gasteiger partial charge in [-0.15, -0.1) is 0 Å². The summed E-state index contributed by atoms with van der Waals surface area (Å²) in [5.41, 5.74) is 2.74. The van der Waals surface area contributed by atoms with Crippen molar-refractivity contribution in [3.05, 3.63) is 61.3 Å². The second-order valence-electron chi connectivity index (χ2n) is 9.57. The summed E-state index contributed by atoms with van der Waals surface area (Å²) < 4.78 is 47.2. The number of carbonyl (C=O) groups is 1. The molecule has 0 spiro atoms. The van der Waals surface area contributed by atoms with Crippen molar-refractivity contribution in [2.75, 3.05) is 55.9 Å². The summed E-state index contributed by atoms with van der Waals surface area (Å²) in [5.74, 6) is 0.261. The number of nitrogens with zero attached hydrogens (tertiary/aromatic N) is 6. The summed E-state index contributed by atoms with van der Waals surface area (Å²) >= 11 is 0. The summed E-state index contributed by atoms with van der Waals surface area (Å²) in [5, 5.41) is 5.95. The lowest BCUT2D eigenvalue weighted by Crippen LogP contribution is -2.44. The zero-order valence-electron chi connectivity index (χ0n) is 22.6. The van der Waals surface area contributed by atoms with E-state index in [1.807, 2.05) is 6.07 Å². The van der Waals surface area contributed by atoms with Crippen molar-refractivity contribution in [2.45, 2.75) is 12.7 Å². The number of fused-ring (bicyclic) bond motifs is 1. The van der Waals surface area contributed by atoms with E-state index in [1.165, 1.54) is 25.4 Å². The largest absolute Gasteiger partial charge is 0.494 e. The Morgan fingerprint density at radius 1 is 1.10 bits per heavy atom. The fourth-order valence-electron chi connectivity index (χ4n) is 4.70. The first-order valence-corrected chi connectivity index (χ1v) is 12.9. The maximum absolute atomic E-state index is 13.5. The molecule has 1 fully saturated rings. The number of nitrogens with one attached hydrogen (secondary N) is 2. The number of anilines is 4. The molecule has 41 heavy (non-hydrogen) atoms. The smallest absolute Gasteiger partial charge is 0.406 e. The summed E-state index contributed by atoms with van der Waals surface area (Å²) in [7, 11) is 3.57. The molecule has 1 aliphatic rings. The molecule has 13 heteroatoms. The van der Waals surface area contributed by atoms with E-state index in [2.05, 4.69) is 49.0 Å². The number of imidazole rings is 1. The molecule has 0 saturated carbocycles. The summed E-state index contributed by atoms with van der Waals surface area (Å²) in [6.07, 6.45) is -1.84. The van der Waals surface area contributed by atoms with Gasteiger partial charge in [0, 0.05) is 38.4 Å². The number of aromatic nitrogens is 4. The second-order valence-corrected chi connectivity index (χ2v) is 9.57. The third-order valence-electron chi connectivity index (χ3n) is 6.73. The van der Waals surface area contributed by atoms with Crippen molar-refractivity contribution in [1.29, 1.82) is 0 Å². The lowest BCUT2D eigenvalue weighted by Gasteiger charge is -2.35. The molecule has 5 rings (SSSR count). The van der Waals surface area contributed by atoms with E-state index < -0.39 is 12.7 Å². The fourth-order valence-corrected chi connectivity index (χ4v) is 4.70. The van der Waals surface area contributed by atoms with Gasteiger partial charge in [-0.05, 0) is 37.4 Å². The molecular weight excluding hydrogens is 537 g/mol. The number of methoxy groups -OCH3 is 1. The van der Waals surface area contributed by atoms with Gasteiger partial charge in [0.1, 0.15) is 18.0 Å². The number of amides is 1. The van der Waals surface area contributed by atoms with Crippen LogP contribution in [0.4, 0.5) is 36.2 Å². The van der Waals surface area contributed by atoms with Gasteiger partial charge < -0.3 is 29.7 Å². The van der Waals surface area contributed by atoms with Crippen LogP contribution in [-0.4, -0.2) is 76.8 Å². The summed E-state index contributed by atoms with van der Waals surface area (Å²) in [6.45, 7) is 5.56. The molecule has 0 unspecified atom stereocenters. The van der Waals surface area contributed by atoms with Crippen LogP contribution in [0.2, 0.25) is 0 Å². The van der Waals surface area contributed by atoms with Gasteiger partial charge in [-0.1, -0.05) is 18.7 Å². The molecule has 0 radical (unpaired) electrons. The predicted octanol–water partition coefficient (Wildman–Crippen LogP) is 4.68. The number of hydrogen-bond acceptors (Lipinski definition) is 8. The minimum Gasteiger partial charge on any atom is -0.494 e. The van der Waals surface area contributed by atoms with Crippen molar-refractivity contribution in [3.8, 4) is 17.3 Å². The Morgan fingerprint density at radius 2 is 1.85 bits per heavy atom. The average Bonchev–Trinajstić information content (AvgIpc) is 3.31. The summed E-state index contributed by atoms with van der Waals surface area (Å²) in [4.78, 5) is 29.8. The van der Waals surface area contributed by atoms with Crippen LogP contribution in [0.5, 0.6) is 5.75 Å². The SMILES string of the molecule is C=CC(=O)Nc1cc(Nc2nccc(-c3nc4ccccc4n3CC(F)(F)F)n2)c(OC)cc1N1CCN(C)CC1. The van der Waals surface area contributed by atoms with Crippen LogP contribution in [0, 0.1) is 0 Å². The Balaban J connectivity index is 1.52. The molecule has 4 aromatic rings. The first-order chi connectivity index (χ1) is 19.6. The molecule has 0 atom stereocenters. The Bertz CT molecular complexity index is 1580. The Morgan fingerprint density at radius 3 is 2.56 bits per heavy atom. The number of likely N-dealkylation sites (N-methyl/N-ethyl adjacent to an activating group) is 1. The van der Waals surface area contributed by atoms with Crippen LogP contribution in [0.1, 0.15) is 0 Å². The van der Waals surface area contributed by atoms with Crippen LogP contribution in [-0.2, 0) is 11.3 Å². The third-order valence-corrected chi connectivity index (χ3v) is 6.73. The number of benzene rings is 2. The van der Waals surface area contributed by atoms with E-state index in [1.54, 1.807) is 30.3 Å². The van der Waals surface area contributed by atoms with Crippen molar-refractivity contribution in [3.63, 3.8) is 0 Å². The van der Waals surface area contributed by atoms with E-state index in [0.29, 0.717) is 28.2 Å². The predicted molar refractivity (Wildman–Crippen MR) is 152 cm³/mol. The highest BCUT2D eigenvalue weighted by Gasteiger charge is 2.31. The number of halogens is 3. The maximum Gasteiger partial charge on any atom is 0.406 e. The van der Waals surface area contributed by atoms with Gasteiger partial charge in [-0.2, -0.15) is 13.2 Å². The quantitative estimate of drug-likeness (QED) is 0.297. The highest BCUT2D eigenvalue weighted by Crippen LogP contribution is 2.39. The van der Waals surface area contributed by atoms with E-state index >= 15 is 0 Å². The van der Waals surface area contributed by atoms with Crippen LogP contribution in [0.15, 0.2) is 61.3 Å². The Hall–Kier alpha value is -4.65. The van der Waals surface area contributed by atoms with Crippen molar-refractivity contribution in [1.82, 2.24) is 24.4 Å². The molecule has 2 aromatic carbocycles. The first kappa shape index (κ1) is 27.9. The van der Waals surface area contributed by atoms with Crippen LogP contribution < -0.4 is 20.3 Å². The average molecular weight is 567 g/mol. The van der Waals surface area contributed by atoms with Crippen molar-refractivity contribution < 1.29 is 22.7 Å².